The fraction of sp³-hybridized carbons (Fsp3) is 0.625. The molecule has 0 saturated carbocycles. The summed E-state index contributed by atoms with van der Waals surface area (Å²) in [5.74, 6) is 0.975. The summed E-state index contributed by atoms with van der Waals surface area (Å²) >= 11 is 3.53. The highest BCUT2D eigenvalue weighted by atomic mass is 79.9. The Hall–Kier alpha value is -0.580. The summed E-state index contributed by atoms with van der Waals surface area (Å²) in [5, 5.41) is 0. The van der Waals surface area contributed by atoms with E-state index >= 15 is 0 Å². The van der Waals surface area contributed by atoms with Crippen LogP contribution in [0.25, 0.3) is 0 Å². The Balaban J connectivity index is 1.72. The average molecular weight is 342 g/mol. The van der Waals surface area contributed by atoms with Crippen molar-refractivity contribution in [1.82, 2.24) is 4.90 Å². The van der Waals surface area contributed by atoms with E-state index in [9.17, 15) is 0 Å². The topological polar surface area (TPSA) is 21.7 Å². The second-order valence-corrected chi connectivity index (χ2v) is 6.44. The number of ether oxygens (including phenoxy) is 2. The van der Waals surface area contributed by atoms with Gasteiger partial charge < -0.3 is 9.47 Å². The lowest BCUT2D eigenvalue weighted by Gasteiger charge is -2.35. The predicted octanol–water partition coefficient (Wildman–Crippen LogP) is 3.64. The van der Waals surface area contributed by atoms with Crippen LogP contribution in [-0.4, -0.2) is 43.3 Å². The van der Waals surface area contributed by atoms with Crippen molar-refractivity contribution < 1.29 is 9.47 Å². The number of rotatable bonds is 5. The molecule has 1 aliphatic heterocycles. The first-order valence-corrected chi connectivity index (χ1v) is 8.11. The van der Waals surface area contributed by atoms with Crippen LogP contribution in [0.2, 0.25) is 0 Å². The summed E-state index contributed by atoms with van der Waals surface area (Å²) in [7, 11) is 0. The molecule has 0 aromatic heterocycles. The smallest absolute Gasteiger partial charge is 0.123 e. The molecule has 4 heteroatoms. The summed E-state index contributed by atoms with van der Waals surface area (Å²) in [4.78, 5) is 2.47. The molecule has 20 heavy (non-hydrogen) atoms. The Labute approximate surface area is 130 Å². The molecule has 1 aliphatic rings. The maximum atomic E-state index is 5.87. The van der Waals surface area contributed by atoms with Gasteiger partial charge in [0.1, 0.15) is 5.75 Å². The Morgan fingerprint density at radius 1 is 1.30 bits per heavy atom. The third-order valence-electron chi connectivity index (χ3n) is 3.59. The largest absolute Gasteiger partial charge is 0.493 e. The second kappa shape index (κ2) is 7.43. The normalized spacial score (nSPS) is 23.8. The van der Waals surface area contributed by atoms with Gasteiger partial charge in [-0.1, -0.05) is 22.0 Å². The van der Waals surface area contributed by atoms with Crippen molar-refractivity contribution in [2.75, 3.05) is 26.2 Å². The Morgan fingerprint density at radius 2 is 2.00 bits per heavy atom. The zero-order valence-corrected chi connectivity index (χ0v) is 14.1. The molecule has 2 atom stereocenters. The molecule has 3 nitrogen and oxygen atoms in total. The molecule has 0 amide bonds. The highest BCUT2D eigenvalue weighted by molar-refractivity contribution is 9.10. The number of halogens is 1. The van der Waals surface area contributed by atoms with Crippen LogP contribution in [0.3, 0.4) is 0 Å². The molecule has 1 saturated heterocycles. The molecule has 2 rings (SSSR count). The van der Waals surface area contributed by atoms with Gasteiger partial charge in [-0.15, -0.1) is 0 Å². The molecular weight excluding hydrogens is 318 g/mol. The van der Waals surface area contributed by atoms with Crippen LogP contribution in [-0.2, 0) is 4.74 Å². The van der Waals surface area contributed by atoms with Crippen LogP contribution in [0.1, 0.15) is 25.8 Å². The summed E-state index contributed by atoms with van der Waals surface area (Å²) < 4.78 is 12.7. The monoisotopic (exact) mass is 341 g/mol. The molecule has 0 bridgehead atoms. The Bertz CT molecular complexity index is 428. The molecule has 0 aliphatic carbocycles. The number of benzene rings is 1. The van der Waals surface area contributed by atoms with Crippen molar-refractivity contribution in [1.29, 1.82) is 0 Å². The van der Waals surface area contributed by atoms with Crippen LogP contribution in [0.15, 0.2) is 22.7 Å². The van der Waals surface area contributed by atoms with E-state index in [0.29, 0.717) is 12.2 Å². The number of nitrogens with zero attached hydrogens (tertiary/aromatic N) is 1. The minimum absolute atomic E-state index is 0.340. The summed E-state index contributed by atoms with van der Waals surface area (Å²) in [6.07, 6.45) is 1.73. The van der Waals surface area contributed by atoms with Crippen LogP contribution in [0.5, 0.6) is 5.75 Å². The molecule has 1 heterocycles. The third kappa shape index (κ3) is 4.47. The lowest BCUT2D eigenvalue weighted by Crippen LogP contribution is -2.45. The van der Waals surface area contributed by atoms with E-state index in [1.807, 2.05) is 18.2 Å². The highest BCUT2D eigenvalue weighted by Crippen LogP contribution is 2.25. The number of morpholine rings is 1. The molecule has 0 N–H and O–H groups in total. The van der Waals surface area contributed by atoms with Gasteiger partial charge in [-0.25, -0.2) is 0 Å². The Morgan fingerprint density at radius 3 is 2.70 bits per heavy atom. The summed E-state index contributed by atoms with van der Waals surface area (Å²) in [5.41, 5.74) is 1.17. The fourth-order valence-corrected chi connectivity index (χ4v) is 3.03. The fourth-order valence-electron chi connectivity index (χ4n) is 2.68. The van der Waals surface area contributed by atoms with E-state index in [0.717, 1.165) is 42.9 Å². The first kappa shape index (κ1) is 15.8. The van der Waals surface area contributed by atoms with Crippen molar-refractivity contribution in [2.45, 2.75) is 39.4 Å². The van der Waals surface area contributed by atoms with Crippen molar-refractivity contribution in [3.05, 3.63) is 28.2 Å². The van der Waals surface area contributed by atoms with Crippen LogP contribution >= 0.6 is 15.9 Å². The van der Waals surface area contributed by atoms with E-state index in [1.54, 1.807) is 0 Å². The second-order valence-electron chi connectivity index (χ2n) is 5.58. The summed E-state index contributed by atoms with van der Waals surface area (Å²) in [6.45, 7) is 10.3. The van der Waals surface area contributed by atoms with Gasteiger partial charge in [-0.3, -0.25) is 4.90 Å². The van der Waals surface area contributed by atoms with Crippen molar-refractivity contribution in [2.24, 2.45) is 0 Å². The number of hydrogen-bond donors (Lipinski definition) is 0. The van der Waals surface area contributed by atoms with E-state index in [4.69, 9.17) is 9.47 Å². The van der Waals surface area contributed by atoms with Gasteiger partial charge in [0.25, 0.3) is 0 Å². The third-order valence-corrected chi connectivity index (χ3v) is 4.45. The zero-order valence-electron chi connectivity index (χ0n) is 12.6. The van der Waals surface area contributed by atoms with Gasteiger partial charge >= 0.3 is 0 Å². The van der Waals surface area contributed by atoms with Gasteiger partial charge in [0.05, 0.1) is 18.8 Å². The molecular formula is C16H24BrNO2. The first-order valence-electron chi connectivity index (χ1n) is 7.32. The quantitative estimate of drug-likeness (QED) is 0.763. The molecule has 0 unspecified atom stereocenters. The molecule has 1 aromatic rings. The standard InChI is InChI=1S/C16H24BrNO2/c1-12-10-18(11-13(2)20-12)8-5-9-19-16-7-4-6-15(17)14(16)3/h4,6-7,12-13H,5,8-11H2,1-3H3/t12-,13+. The maximum absolute atomic E-state index is 5.87. The highest BCUT2D eigenvalue weighted by Gasteiger charge is 2.21. The van der Waals surface area contributed by atoms with Gasteiger partial charge in [0, 0.05) is 29.7 Å². The molecule has 1 aromatic carbocycles. The lowest BCUT2D eigenvalue weighted by molar-refractivity contribution is -0.0686. The van der Waals surface area contributed by atoms with Crippen molar-refractivity contribution in [3.8, 4) is 5.75 Å². The van der Waals surface area contributed by atoms with Crippen molar-refractivity contribution in [3.63, 3.8) is 0 Å². The Kier molecular flexibility index (Phi) is 5.87. The molecule has 1 fully saturated rings. The SMILES string of the molecule is Cc1c(Br)cccc1OCCCN1C[C@@H](C)O[C@@H](C)C1. The molecule has 112 valence electrons. The first-order chi connectivity index (χ1) is 9.56. The van der Waals surface area contributed by atoms with E-state index in [2.05, 4.69) is 41.6 Å². The minimum atomic E-state index is 0.340. The lowest BCUT2D eigenvalue weighted by atomic mass is 10.2. The van der Waals surface area contributed by atoms with E-state index in [-0.39, 0.29) is 0 Å². The zero-order chi connectivity index (χ0) is 14.5. The van der Waals surface area contributed by atoms with Gasteiger partial charge in [0.15, 0.2) is 0 Å². The molecule has 0 spiro atoms. The van der Waals surface area contributed by atoms with Crippen molar-refractivity contribution >= 4 is 15.9 Å². The van der Waals surface area contributed by atoms with E-state index < -0.39 is 0 Å². The average Bonchev–Trinajstić information content (AvgIpc) is 2.38. The predicted molar refractivity (Wildman–Crippen MR) is 85.4 cm³/mol. The van der Waals surface area contributed by atoms with Crippen LogP contribution in [0.4, 0.5) is 0 Å². The van der Waals surface area contributed by atoms with Gasteiger partial charge in [-0.05, 0) is 39.3 Å². The number of hydrogen-bond acceptors (Lipinski definition) is 3. The van der Waals surface area contributed by atoms with Crippen LogP contribution < -0.4 is 4.74 Å². The molecule has 0 radical (unpaired) electrons. The summed E-state index contributed by atoms with van der Waals surface area (Å²) in [6, 6.07) is 6.08. The van der Waals surface area contributed by atoms with Gasteiger partial charge in [-0.2, -0.15) is 0 Å². The van der Waals surface area contributed by atoms with E-state index in [1.165, 1.54) is 5.56 Å². The maximum Gasteiger partial charge on any atom is 0.123 e. The minimum Gasteiger partial charge on any atom is -0.493 e. The van der Waals surface area contributed by atoms with Gasteiger partial charge in [0.2, 0.25) is 0 Å². The van der Waals surface area contributed by atoms with Crippen LogP contribution in [0, 0.1) is 6.92 Å².